The number of carbonyl (C=O) groups is 1. The van der Waals surface area contributed by atoms with Crippen LogP contribution < -0.4 is 14.4 Å². The van der Waals surface area contributed by atoms with Crippen LogP contribution in [0.1, 0.15) is 24.0 Å². The Morgan fingerprint density at radius 1 is 1.00 bits per heavy atom. The molecule has 1 aliphatic rings. The number of likely N-dealkylation sites (tertiary alicyclic amines) is 1. The van der Waals surface area contributed by atoms with E-state index in [9.17, 15) is 13.2 Å². The molecule has 0 aromatic heterocycles. The number of hydrogen-bond donors (Lipinski definition) is 1. The molecule has 1 N–H and O–H groups in total. The van der Waals surface area contributed by atoms with Crippen molar-refractivity contribution in [3.8, 4) is 5.75 Å². The van der Waals surface area contributed by atoms with E-state index in [1.807, 2.05) is 18.2 Å². The fourth-order valence-electron chi connectivity index (χ4n) is 4.29. The Balaban J connectivity index is 1.54. The van der Waals surface area contributed by atoms with Crippen LogP contribution >= 0.6 is 11.6 Å². The van der Waals surface area contributed by atoms with Gasteiger partial charge in [-0.1, -0.05) is 54.1 Å². The van der Waals surface area contributed by atoms with Gasteiger partial charge >= 0.3 is 0 Å². The van der Waals surface area contributed by atoms with Crippen LogP contribution in [0.15, 0.2) is 77.7 Å². The third-order valence-electron chi connectivity index (χ3n) is 6.23. The zero-order valence-electron chi connectivity index (χ0n) is 20.2. The maximum atomic E-state index is 13.5. The van der Waals surface area contributed by atoms with Crippen LogP contribution in [0, 0.1) is 0 Å². The van der Waals surface area contributed by atoms with E-state index in [1.54, 1.807) is 30.3 Å². The number of methoxy groups -OCH3 is 1. The monoisotopic (exact) mass is 527 g/mol. The fourth-order valence-corrected chi connectivity index (χ4v) is 5.98. The minimum atomic E-state index is -4.03. The summed E-state index contributed by atoms with van der Waals surface area (Å²) in [5, 5.41) is 3.15. The molecule has 190 valence electrons. The number of sulfonamides is 1. The van der Waals surface area contributed by atoms with Crippen molar-refractivity contribution in [2.24, 2.45) is 0 Å². The molecular formula is C27H30ClN3O4S. The first-order valence-corrected chi connectivity index (χ1v) is 13.7. The molecule has 3 aromatic rings. The maximum Gasteiger partial charge on any atom is 0.264 e. The maximum absolute atomic E-state index is 13.5. The average Bonchev–Trinajstić information content (AvgIpc) is 3.40. The van der Waals surface area contributed by atoms with Crippen molar-refractivity contribution in [2.75, 3.05) is 31.0 Å². The van der Waals surface area contributed by atoms with Crippen molar-refractivity contribution in [1.29, 1.82) is 0 Å². The summed E-state index contributed by atoms with van der Waals surface area (Å²) in [5.41, 5.74) is 2.45. The second-order valence-corrected chi connectivity index (χ2v) is 10.9. The topological polar surface area (TPSA) is 79.0 Å². The molecule has 0 spiro atoms. The van der Waals surface area contributed by atoms with E-state index in [0.29, 0.717) is 12.3 Å². The summed E-state index contributed by atoms with van der Waals surface area (Å²) < 4.78 is 33.3. The van der Waals surface area contributed by atoms with Gasteiger partial charge in [-0.2, -0.15) is 0 Å². The molecule has 4 rings (SSSR count). The fraction of sp³-hybridized carbons (Fsp3) is 0.296. The second-order valence-electron chi connectivity index (χ2n) is 8.67. The number of ether oxygens (including phenoxy) is 1. The number of nitrogens with one attached hydrogen (secondary N) is 1. The van der Waals surface area contributed by atoms with Gasteiger partial charge in [0.1, 0.15) is 12.3 Å². The number of anilines is 1. The molecule has 1 saturated heterocycles. The van der Waals surface area contributed by atoms with Gasteiger partial charge in [0.05, 0.1) is 22.7 Å². The van der Waals surface area contributed by atoms with Crippen molar-refractivity contribution in [2.45, 2.75) is 30.8 Å². The van der Waals surface area contributed by atoms with Gasteiger partial charge in [0, 0.05) is 13.1 Å². The molecule has 0 bridgehead atoms. The minimum absolute atomic E-state index is 0.0840. The summed E-state index contributed by atoms with van der Waals surface area (Å²) in [5.74, 6) is -0.00559. The Kier molecular flexibility index (Phi) is 8.51. The van der Waals surface area contributed by atoms with Gasteiger partial charge in [0.25, 0.3) is 10.0 Å². The average molecular weight is 528 g/mol. The highest BCUT2D eigenvalue weighted by molar-refractivity contribution is 7.92. The smallest absolute Gasteiger partial charge is 0.264 e. The lowest BCUT2D eigenvalue weighted by Gasteiger charge is -2.25. The van der Waals surface area contributed by atoms with Crippen LogP contribution in [0.4, 0.5) is 5.69 Å². The first-order chi connectivity index (χ1) is 17.4. The molecule has 0 unspecified atom stereocenters. The van der Waals surface area contributed by atoms with Crippen molar-refractivity contribution >= 4 is 33.2 Å². The Hall–Kier alpha value is -3.07. The summed E-state index contributed by atoms with van der Waals surface area (Å²) in [6.07, 6.45) is 2.42. The Bertz CT molecular complexity index is 1300. The van der Waals surface area contributed by atoms with Gasteiger partial charge < -0.3 is 10.1 Å². The van der Waals surface area contributed by atoms with Gasteiger partial charge in [0.2, 0.25) is 5.91 Å². The minimum Gasteiger partial charge on any atom is -0.495 e. The summed E-state index contributed by atoms with van der Waals surface area (Å²) >= 11 is 6.28. The zero-order chi connectivity index (χ0) is 25.5. The van der Waals surface area contributed by atoms with Crippen LogP contribution in [0.25, 0.3) is 0 Å². The summed E-state index contributed by atoms with van der Waals surface area (Å²) in [6.45, 7) is 2.92. The largest absolute Gasteiger partial charge is 0.495 e. The lowest BCUT2D eigenvalue weighted by atomic mass is 10.1. The molecule has 36 heavy (non-hydrogen) atoms. The molecule has 1 heterocycles. The van der Waals surface area contributed by atoms with E-state index in [0.717, 1.165) is 35.1 Å². The lowest BCUT2D eigenvalue weighted by molar-refractivity contribution is -0.119. The molecule has 0 radical (unpaired) electrons. The first-order valence-electron chi connectivity index (χ1n) is 11.9. The standard InChI is InChI=1S/C27H30ClN3O4S/c1-35-26-14-13-23(17-25(26)28)31(36(33,34)24-11-3-2-4-12-24)20-27(32)29-18-21-9-5-6-10-22(21)19-30-15-7-8-16-30/h2-6,9-14,17H,7-8,15-16,18-20H2,1H3,(H,29,32). The molecule has 1 fully saturated rings. The van der Waals surface area contributed by atoms with Crippen molar-refractivity contribution in [1.82, 2.24) is 10.2 Å². The van der Waals surface area contributed by atoms with Crippen LogP contribution in [0.5, 0.6) is 5.75 Å². The predicted molar refractivity (Wildman–Crippen MR) is 142 cm³/mol. The summed E-state index contributed by atoms with van der Waals surface area (Å²) in [7, 11) is -2.55. The summed E-state index contributed by atoms with van der Waals surface area (Å²) in [4.78, 5) is 15.5. The van der Waals surface area contributed by atoms with E-state index >= 15 is 0 Å². The lowest BCUT2D eigenvalue weighted by Crippen LogP contribution is -2.40. The normalized spacial score (nSPS) is 13.9. The Morgan fingerprint density at radius 2 is 1.67 bits per heavy atom. The number of amides is 1. The number of hydrogen-bond acceptors (Lipinski definition) is 5. The van der Waals surface area contributed by atoms with Gasteiger partial charge in [0.15, 0.2) is 0 Å². The molecule has 0 atom stereocenters. The van der Waals surface area contributed by atoms with Crippen LogP contribution in [-0.2, 0) is 27.9 Å². The zero-order valence-corrected chi connectivity index (χ0v) is 21.8. The third-order valence-corrected chi connectivity index (χ3v) is 8.31. The molecular weight excluding hydrogens is 498 g/mol. The number of carbonyl (C=O) groups excluding carboxylic acids is 1. The number of benzene rings is 3. The predicted octanol–water partition coefficient (Wildman–Crippen LogP) is 4.46. The first kappa shape index (κ1) is 26.0. The SMILES string of the molecule is COc1ccc(N(CC(=O)NCc2ccccc2CN2CCCC2)S(=O)(=O)c2ccccc2)cc1Cl. The molecule has 1 amide bonds. The highest BCUT2D eigenvalue weighted by Gasteiger charge is 2.28. The Morgan fingerprint density at radius 3 is 2.33 bits per heavy atom. The van der Waals surface area contributed by atoms with E-state index in [2.05, 4.69) is 16.3 Å². The van der Waals surface area contributed by atoms with Crippen LogP contribution in [-0.4, -0.2) is 46.0 Å². The number of rotatable bonds is 10. The number of nitrogens with zero attached hydrogens (tertiary/aromatic N) is 2. The van der Waals surface area contributed by atoms with E-state index in [4.69, 9.17) is 16.3 Å². The second kappa shape index (κ2) is 11.8. The van der Waals surface area contributed by atoms with Gasteiger partial charge in [-0.05, 0) is 67.4 Å². The van der Waals surface area contributed by atoms with E-state index < -0.39 is 22.5 Å². The van der Waals surface area contributed by atoms with Crippen molar-refractivity contribution in [3.05, 3.63) is 88.9 Å². The third kappa shape index (κ3) is 6.19. The molecule has 1 aliphatic heterocycles. The van der Waals surface area contributed by atoms with Crippen molar-refractivity contribution in [3.63, 3.8) is 0 Å². The van der Waals surface area contributed by atoms with Crippen molar-refractivity contribution < 1.29 is 17.9 Å². The highest BCUT2D eigenvalue weighted by Crippen LogP contribution is 2.31. The number of halogens is 1. The van der Waals surface area contributed by atoms with Gasteiger partial charge in [-0.3, -0.25) is 14.0 Å². The van der Waals surface area contributed by atoms with Crippen LogP contribution in [0.3, 0.4) is 0 Å². The van der Waals surface area contributed by atoms with Gasteiger partial charge in [-0.25, -0.2) is 8.42 Å². The molecule has 7 nitrogen and oxygen atoms in total. The van der Waals surface area contributed by atoms with Gasteiger partial charge in [-0.15, -0.1) is 0 Å². The molecule has 3 aromatic carbocycles. The summed E-state index contributed by atoms with van der Waals surface area (Å²) in [6, 6.07) is 20.7. The highest BCUT2D eigenvalue weighted by atomic mass is 35.5. The molecule has 9 heteroatoms. The quantitative estimate of drug-likeness (QED) is 0.421. The molecule has 0 saturated carbocycles. The molecule has 0 aliphatic carbocycles. The van der Waals surface area contributed by atoms with E-state index in [1.165, 1.54) is 38.2 Å². The Labute approximate surface area is 217 Å². The van der Waals surface area contributed by atoms with Crippen LogP contribution in [0.2, 0.25) is 5.02 Å². The van der Waals surface area contributed by atoms with E-state index in [-0.39, 0.29) is 15.6 Å².